The summed E-state index contributed by atoms with van der Waals surface area (Å²) in [6, 6.07) is 16.1. The minimum Gasteiger partial charge on any atom is -0.382 e. The summed E-state index contributed by atoms with van der Waals surface area (Å²) >= 11 is 5.91. The first kappa shape index (κ1) is 17.8. The van der Waals surface area contributed by atoms with Gasteiger partial charge in [0.15, 0.2) is 17.2 Å². The normalized spacial score (nSPS) is 27.0. The van der Waals surface area contributed by atoms with Crippen molar-refractivity contribution in [1.82, 2.24) is 0 Å². The van der Waals surface area contributed by atoms with E-state index >= 15 is 0 Å². The predicted molar refractivity (Wildman–Crippen MR) is 91.3 cm³/mol. The molecule has 6 heteroatoms. The largest absolute Gasteiger partial charge is 0.382 e. The van der Waals surface area contributed by atoms with Gasteiger partial charge in [0.05, 0.1) is 0 Å². The van der Waals surface area contributed by atoms with Crippen LogP contribution in [0.15, 0.2) is 60.7 Å². The van der Waals surface area contributed by atoms with Crippen molar-refractivity contribution in [1.29, 1.82) is 0 Å². The van der Waals surface area contributed by atoms with Crippen LogP contribution in [0.5, 0.6) is 0 Å². The molecule has 2 unspecified atom stereocenters. The van der Waals surface area contributed by atoms with Gasteiger partial charge < -0.3 is 14.9 Å². The van der Waals surface area contributed by atoms with Crippen LogP contribution in [0.25, 0.3) is 0 Å². The number of ether oxygens (including phenoxy) is 1. The zero-order chi connectivity index (χ0) is 18.0. The number of carbonyl (C=O) groups excluding carboxylic acids is 2. The van der Waals surface area contributed by atoms with Gasteiger partial charge in [-0.05, 0) is 0 Å². The van der Waals surface area contributed by atoms with Crippen molar-refractivity contribution in [2.45, 2.75) is 23.4 Å². The number of alkyl halides is 1. The fourth-order valence-corrected chi connectivity index (χ4v) is 3.13. The lowest BCUT2D eigenvalue weighted by Gasteiger charge is -2.29. The number of aliphatic hydroxyl groups is 2. The molecule has 129 valence electrons. The first-order valence-corrected chi connectivity index (χ1v) is 8.12. The quantitative estimate of drug-likeness (QED) is 0.630. The molecule has 0 aliphatic carbocycles. The summed E-state index contributed by atoms with van der Waals surface area (Å²) in [5.41, 5.74) is -2.86. The minimum atomic E-state index is -2.21. The molecule has 0 bridgehead atoms. The third kappa shape index (κ3) is 3.37. The molecule has 1 saturated heterocycles. The highest BCUT2D eigenvalue weighted by molar-refractivity contribution is 6.22. The van der Waals surface area contributed by atoms with E-state index in [4.69, 9.17) is 16.3 Å². The number of carbonyl (C=O) groups is 2. The first-order valence-electron chi connectivity index (χ1n) is 7.68. The van der Waals surface area contributed by atoms with Gasteiger partial charge in [0.2, 0.25) is 0 Å². The van der Waals surface area contributed by atoms with Gasteiger partial charge in [0.1, 0.15) is 17.8 Å². The van der Waals surface area contributed by atoms with E-state index in [1.165, 1.54) is 24.3 Å². The van der Waals surface area contributed by atoms with E-state index in [-0.39, 0.29) is 11.1 Å². The van der Waals surface area contributed by atoms with Crippen molar-refractivity contribution in [2.75, 3.05) is 0 Å². The predicted octanol–water partition coefficient (Wildman–Crippen LogP) is 2.01. The van der Waals surface area contributed by atoms with Crippen molar-refractivity contribution < 1.29 is 24.5 Å². The maximum Gasteiger partial charge on any atom is 0.197 e. The fraction of sp³-hybridized carbons (Fsp3) is 0.211. The molecule has 1 aliphatic heterocycles. The molecule has 0 aromatic heterocycles. The summed E-state index contributed by atoms with van der Waals surface area (Å²) in [6.07, 6.45) is -2.16. The Labute approximate surface area is 149 Å². The summed E-state index contributed by atoms with van der Waals surface area (Å²) < 4.78 is 5.29. The number of rotatable bonds is 5. The highest BCUT2D eigenvalue weighted by Gasteiger charge is 2.57. The van der Waals surface area contributed by atoms with Crippen LogP contribution >= 0.6 is 11.6 Å². The lowest BCUT2D eigenvalue weighted by atomic mass is 9.82. The van der Waals surface area contributed by atoms with E-state index < -0.39 is 34.9 Å². The summed E-state index contributed by atoms with van der Waals surface area (Å²) in [5.74, 6) is -1.36. The third-order valence-electron chi connectivity index (χ3n) is 4.11. The Hall–Kier alpha value is -2.05. The van der Waals surface area contributed by atoms with Crippen molar-refractivity contribution in [3.05, 3.63) is 78.2 Å². The molecule has 0 spiro atoms. The number of aliphatic hydroxyl groups excluding tert-OH is 1. The fourth-order valence-electron chi connectivity index (χ4n) is 2.83. The van der Waals surface area contributed by atoms with Gasteiger partial charge in [-0.2, -0.15) is 0 Å². The Bertz CT molecular complexity index is 764. The molecule has 1 heterocycles. The van der Waals surface area contributed by atoms with Crippen molar-refractivity contribution in [2.24, 2.45) is 0 Å². The maximum absolute atomic E-state index is 12.7. The van der Waals surface area contributed by atoms with E-state index in [1.807, 2.05) is 0 Å². The van der Waals surface area contributed by atoms with Gasteiger partial charge in [-0.25, -0.2) is 0 Å². The number of Topliss-reactive ketones (excluding diaryl/α,β-unsaturated/α-hetero) is 2. The second-order valence-electron chi connectivity index (χ2n) is 5.77. The van der Waals surface area contributed by atoms with Crippen LogP contribution in [-0.2, 0) is 4.74 Å². The Morgan fingerprint density at radius 3 is 2.08 bits per heavy atom. The van der Waals surface area contributed by atoms with Crippen molar-refractivity contribution in [3.8, 4) is 0 Å². The molecule has 1 radical (unpaired) electrons. The monoisotopic (exact) mass is 359 g/mol. The van der Waals surface area contributed by atoms with E-state index in [2.05, 4.69) is 0 Å². The van der Waals surface area contributed by atoms with Gasteiger partial charge in [-0.15, -0.1) is 0 Å². The van der Waals surface area contributed by atoms with Gasteiger partial charge >= 0.3 is 0 Å². The smallest absolute Gasteiger partial charge is 0.197 e. The minimum absolute atomic E-state index is 0.222. The van der Waals surface area contributed by atoms with Crippen LogP contribution in [-0.4, -0.2) is 45.2 Å². The van der Waals surface area contributed by atoms with Gasteiger partial charge in [0.25, 0.3) is 0 Å². The highest BCUT2D eigenvalue weighted by atomic mass is 35.5. The summed E-state index contributed by atoms with van der Waals surface area (Å²) in [4.78, 5) is 25.2. The SMILES string of the molecule is O=C(c1ccccc1)C(O)[C@H]1OC(Cl)[CH][C@@]1(O)C(=O)c1ccccc1. The van der Waals surface area contributed by atoms with Crippen molar-refractivity contribution >= 4 is 23.2 Å². The van der Waals surface area contributed by atoms with E-state index in [0.29, 0.717) is 0 Å². The molecule has 2 aromatic rings. The molecular formula is C19H16ClO5. The average molecular weight is 360 g/mol. The zero-order valence-corrected chi connectivity index (χ0v) is 13.8. The van der Waals surface area contributed by atoms with Crippen molar-refractivity contribution in [3.63, 3.8) is 0 Å². The third-order valence-corrected chi connectivity index (χ3v) is 4.34. The van der Waals surface area contributed by atoms with Gasteiger partial charge in [-0.1, -0.05) is 72.3 Å². The second-order valence-corrected chi connectivity index (χ2v) is 6.20. The number of benzene rings is 2. The summed E-state index contributed by atoms with van der Waals surface area (Å²) in [5, 5.41) is 21.3. The molecule has 5 nitrogen and oxygen atoms in total. The average Bonchev–Trinajstić information content (AvgIpc) is 2.96. The number of halogens is 1. The summed E-state index contributed by atoms with van der Waals surface area (Å²) in [7, 11) is 0. The molecule has 25 heavy (non-hydrogen) atoms. The molecule has 1 aliphatic rings. The van der Waals surface area contributed by atoms with Gasteiger partial charge in [-0.3, -0.25) is 9.59 Å². The standard InChI is InChI=1S/C19H16ClO5/c20-14-11-19(24,17(23)13-9-5-2-6-10-13)18(25-14)16(22)15(21)12-7-3-1-4-8-12/h1-11,14,16,18,22,24H/t14?,16?,18-,19-/m1/s1. The Kier molecular flexibility index (Phi) is 5.01. The molecule has 0 amide bonds. The van der Waals surface area contributed by atoms with Crippen LogP contribution < -0.4 is 0 Å². The van der Waals surface area contributed by atoms with E-state index in [9.17, 15) is 19.8 Å². The number of ketones is 2. The number of hydrogen-bond donors (Lipinski definition) is 2. The van der Waals surface area contributed by atoms with Crippen LogP contribution in [0.1, 0.15) is 20.7 Å². The second kappa shape index (κ2) is 7.06. The lowest BCUT2D eigenvalue weighted by Crippen LogP contribution is -2.54. The molecule has 3 rings (SSSR count). The van der Waals surface area contributed by atoms with E-state index in [1.54, 1.807) is 36.4 Å². The summed E-state index contributed by atoms with van der Waals surface area (Å²) in [6.45, 7) is 0. The molecular weight excluding hydrogens is 344 g/mol. The Morgan fingerprint density at radius 1 is 1.00 bits per heavy atom. The molecule has 2 N–H and O–H groups in total. The zero-order valence-electron chi connectivity index (χ0n) is 13.1. The van der Waals surface area contributed by atoms with Crippen LogP contribution in [0, 0.1) is 6.42 Å². The Balaban J connectivity index is 1.91. The van der Waals surface area contributed by atoms with Crippen LogP contribution in [0.4, 0.5) is 0 Å². The molecule has 0 saturated carbocycles. The lowest BCUT2D eigenvalue weighted by molar-refractivity contribution is -0.0688. The Morgan fingerprint density at radius 2 is 1.52 bits per heavy atom. The highest BCUT2D eigenvalue weighted by Crippen LogP contribution is 2.37. The van der Waals surface area contributed by atoms with Crippen LogP contribution in [0.2, 0.25) is 0 Å². The maximum atomic E-state index is 12.7. The molecule has 2 aromatic carbocycles. The van der Waals surface area contributed by atoms with Crippen LogP contribution in [0.3, 0.4) is 0 Å². The topological polar surface area (TPSA) is 83.8 Å². The first-order chi connectivity index (χ1) is 11.9. The van der Waals surface area contributed by atoms with Gasteiger partial charge in [0, 0.05) is 17.5 Å². The van der Waals surface area contributed by atoms with E-state index in [0.717, 1.165) is 6.42 Å². The molecule has 1 fully saturated rings. The number of hydrogen-bond acceptors (Lipinski definition) is 5. The molecule has 4 atom stereocenters.